The molecule has 0 bridgehead atoms. The van der Waals surface area contributed by atoms with E-state index in [4.69, 9.17) is 21.1 Å². The molecule has 1 aromatic carbocycles. The van der Waals surface area contributed by atoms with E-state index in [1.807, 2.05) is 0 Å². The Bertz CT molecular complexity index is 639. The van der Waals surface area contributed by atoms with Gasteiger partial charge >= 0.3 is 6.09 Å². The number of carbonyl (C=O) groups is 1. The van der Waals surface area contributed by atoms with Crippen LogP contribution in [0, 0.1) is 16.7 Å². The monoisotopic (exact) mass is 302 g/mol. The summed E-state index contributed by atoms with van der Waals surface area (Å²) in [7, 11) is 0. The molecule has 0 aliphatic rings. The highest BCUT2D eigenvalue weighted by atomic mass is 16.6. The van der Waals surface area contributed by atoms with Crippen LogP contribution in [0.2, 0.25) is 0 Å². The number of ether oxygens (including phenoxy) is 1. The number of benzene rings is 1. The van der Waals surface area contributed by atoms with Gasteiger partial charge in [-0.3, -0.25) is 16.2 Å². The van der Waals surface area contributed by atoms with Crippen LogP contribution in [0.1, 0.15) is 20.8 Å². The molecule has 8 nitrogen and oxygen atoms in total. The number of hydrogen-bond donors (Lipinski definition) is 4. The molecule has 0 aliphatic heterocycles. The summed E-state index contributed by atoms with van der Waals surface area (Å²) in [6.45, 7) is 5.30. The van der Waals surface area contributed by atoms with Crippen molar-refractivity contribution < 1.29 is 9.53 Å². The smallest absolute Gasteiger partial charge is 0.412 e. The van der Waals surface area contributed by atoms with E-state index in [0.29, 0.717) is 11.4 Å². The second kappa shape index (κ2) is 7.08. The molecule has 5 N–H and O–H groups in total. The van der Waals surface area contributed by atoms with Gasteiger partial charge in [-0.15, -0.1) is 0 Å². The minimum absolute atomic E-state index is 0.231. The van der Waals surface area contributed by atoms with Crippen molar-refractivity contribution in [2.24, 2.45) is 10.8 Å². The number of carbonyl (C=O) groups excluding carboxylic acids is 1. The van der Waals surface area contributed by atoms with E-state index < -0.39 is 17.5 Å². The van der Waals surface area contributed by atoms with Crippen LogP contribution in [0.25, 0.3) is 0 Å². The number of hydrogen-bond acceptors (Lipinski definition) is 6. The third-order valence-corrected chi connectivity index (χ3v) is 2.17. The Labute approximate surface area is 128 Å². The molecule has 0 saturated heterocycles. The Morgan fingerprint density at radius 2 is 2.05 bits per heavy atom. The summed E-state index contributed by atoms with van der Waals surface area (Å²) in [5.74, 6) is -0.432. The summed E-state index contributed by atoms with van der Waals surface area (Å²) in [5.41, 5.74) is 7.97. The van der Waals surface area contributed by atoms with Gasteiger partial charge in [0.05, 0.1) is 5.69 Å². The van der Waals surface area contributed by atoms with Crippen molar-refractivity contribution in [3.63, 3.8) is 0 Å². The van der Waals surface area contributed by atoms with Crippen LogP contribution in [-0.4, -0.2) is 23.2 Å². The van der Waals surface area contributed by atoms with Gasteiger partial charge in [0.25, 0.3) is 0 Å². The van der Waals surface area contributed by atoms with E-state index in [1.165, 1.54) is 0 Å². The van der Waals surface area contributed by atoms with Gasteiger partial charge in [0.2, 0.25) is 5.71 Å². The van der Waals surface area contributed by atoms with Crippen molar-refractivity contribution in [1.82, 2.24) is 0 Å². The number of amides is 1. The zero-order chi connectivity index (χ0) is 16.8. The van der Waals surface area contributed by atoms with Gasteiger partial charge in [0.1, 0.15) is 11.7 Å². The molecule has 0 unspecified atom stereocenters. The van der Waals surface area contributed by atoms with Crippen LogP contribution in [-0.2, 0) is 4.74 Å². The number of anilines is 2. The van der Waals surface area contributed by atoms with E-state index in [9.17, 15) is 4.79 Å². The Morgan fingerprint density at radius 3 is 2.59 bits per heavy atom. The lowest BCUT2D eigenvalue weighted by Gasteiger charge is -2.19. The first-order chi connectivity index (χ1) is 10.2. The van der Waals surface area contributed by atoms with Gasteiger partial charge < -0.3 is 10.5 Å². The molecule has 0 aliphatic carbocycles. The molecule has 0 aromatic heterocycles. The average Bonchev–Trinajstić information content (AvgIpc) is 2.37. The van der Waals surface area contributed by atoms with Crippen LogP contribution in [0.15, 0.2) is 29.4 Å². The Hall–Kier alpha value is -3.08. The highest BCUT2D eigenvalue weighted by Crippen LogP contribution is 2.16. The van der Waals surface area contributed by atoms with E-state index in [1.54, 1.807) is 51.1 Å². The number of rotatable bonds is 4. The van der Waals surface area contributed by atoms with E-state index in [2.05, 4.69) is 15.8 Å². The van der Waals surface area contributed by atoms with Crippen LogP contribution in [0.3, 0.4) is 0 Å². The van der Waals surface area contributed by atoms with E-state index in [-0.39, 0.29) is 5.71 Å². The molecule has 0 radical (unpaired) electrons. The summed E-state index contributed by atoms with van der Waals surface area (Å²) in [6.07, 6.45) is -0.574. The largest absolute Gasteiger partial charge is 0.444 e. The first kappa shape index (κ1) is 17.0. The highest BCUT2D eigenvalue weighted by molar-refractivity contribution is 6.45. The molecule has 0 heterocycles. The Kier molecular flexibility index (Phi) is 5.46. The van der Waals surface area contributed by atoms with Gasteiger partial charge in [-0.2, -0.15) is 10.4 Å². The average molecular weight is 302 g/mol. The summed E-state index contributed by atoms with van der Waals surface area (Å²) in [5, 5.41) is 22.2. The quantitative estimate of drug-likeness (QED) is 0.384. The maximum Gasteiger partial charge on any atom is 0.412 e. The maximum absolute atomic E-state index is 11.7. The Balaban J connectivity index is 2.77. The molecular weight excluding hydrogens is 284 g/mol. The van der Waals surface area contributed by atoms with Crippen LogP contribution in [0.4, 0.5) is 16.2 Å². The molecule has 0 atom stereocenters. The molecule has 0 saturated carbocycles. The lowest BCUT2D eigenvalue weighted by Crippen LogP contribution is -2.27. The number of hydrazone groups is 1. The molecule has 8 heteroatoms. The molecule has 116 valence electrons. The highest BCUT2D eigenvalue weighted by Gasteiger charge is 2.16. The van der Waals surface area contributed by atoms with E-state index in [0.717, 1.165) is 0 Å². The lowest BCUT2D eigenvalue weighted by atomic mass is 10.2. The molecule has 0 fully saturated rings. The van der Waals surface area contributed by atoms with Crippen molar-refractivity contribution >= 4 is 29.0 Å². The van der Waals surface area contributed by atoms with Crippen LogP contribution >= 0.6 is 0 Å². The fraction of sp³-hybridized carbons (Fsp3) is 0.286. The molecule has 1 amide bonds. The third kappa shape index (κ3) is 5.92. The van der Waals surface area contributed by atoms with Gasteiger partial charge in [0.15, 0.2) is 5.84 Å². The summed E-state index contributed by atoms with van der Waals surface area (Å²) >= 11 is 0. The van der Waals surface area contributed by atoms with Crippen LogP contribution < -0.4 is 16.5 Å². The number of nitrogens with zero attached hydrogens (tertiary/aromatic N) is 2. The van der Waals surface area contributed by atoms with Crippen molar-refractivity contribution in [3.05, 3.63) is 24.3 Å². The van der Waals surface area contributed by atoms with Crippen molar-refractivity contribution in [3.8, 4) is 6.07 Å². The number of amidine groups is 1. The zero-order valence-corrected chi connectivity index (χ0v) is 12.6. The fourth-order valence-electron chi connectivity index (χ4n) is 1.35. The van der Waals surface area contributed by atoms with Gasteiger partial charge in [-0.25, -0.2) is 4.79 Å². The minimum atomic E-state index is -0.590. The Morgan fingerprint density at radius 1 is 1.41 bits per heavy atom. The normalized spacial score (nSPS) is 11.3. The molecular formula is C14H18N6O2. The molecule has 1 aromatic rings. The van der Waals surface area contributed by atoms with Crippen LogP contribution in [0.5, 0.6) is 0 Å². The standard InChI is InChI=1S/C14H18N6O2/c1-14(2,3)22-13(21)18-9-5-4-6-10(7-9)19-20-11(8-15)12(16)17/h4-7,19H,1-3H3,(H3,16,17)(H,18,21)/b20-11+. The van der Waals surface area contributed by atoms with Crippen molar-refractivity contribution in [2.75, 3.05) is 10.7 Å². The minimum Gasteiger partial charge on any atom is -0.444 e. The van der Waals surface area contributed by atoms with Gasteiger partial charge in [-0.05, 0) is 39.0 Å². The predicted octanol–water partition coefficient (Wildman–Crippen LogP) is 2.26. The van der Waals surface area contributed by atoms with Gasteiger partial charge in [-0.1, -0.05) is 6.07 Å². The fourth-order valence-corrected chi connectivity index (χ4v) is 1.35. The van der Waals surface area contributed by atoms with E-state index >= 15 is 0 Å². The van der Waals surface area contributed by atoms with Crippen molar-refractivity contribution in [2.45, 2.75) is 26.4 Å². The van der Waals surface area contributed by atoms with Crippen molar-refractivity contribution in [1.29, 1.82) is 10.7 Å². The lowest BCUT2D eigenvalue weighted by molar-refractivity contribution is 0.0636. The number of nitrogens with two attached hydrogens (primary N) is 1. The topological polar surface area (TPSA) is 136 Å². The maximum atomic E-state index is 11.7. The molecule has 1 rings (SSSR count). The first-order valence-electron chi connectivity index (χ1n) is 6.39. The second-order valence-corrected chi connectivity index (χ2v) is 5.31. The second-order valence-electron chi connectivity index (χ2n) is 5.31. The summed E-state index contributed by atoms with van der Waals surface area (Å²) in [4.78, 5) is 11.7. The SMILES string of the molecule is CC(C)(C)OC(=O)Nc1cccc(N/N=C(\C#N)C(=N)N)c1. The number of nitrogens with one attached hydrogen (secondary N) is 3. The third-order valence-electron chi connectivity index (χ3n) is 2.17. The van der Waals surface area contributed by atoms with Gasteiger partial charge in [0, 0.05) is 5.69 Å². The predicted molar refractivity (Wildman–Crippen MR) is 84.9 cm³/mol. The first-order valence-corrected chi connectivity index (χ1v) is 6.39. The molecule has 0 spiro atoms. The summed E-state index contributed by atoms with van der Waals surface area (Å²) in [6, 6.07) is 8.33. The number of nitriles is 1. The molecule has 22 heavy (non-hydrogen) atoms. The zero-order valence-electron chi connectivity index (χ0n) is 12.6. The summed E-state index contributed by atoms with van der Waals surface area (Å²) < 4.78 is 5.14.